The summed E-state index contributed by atoms with van der Waals surface area (Å²) in [4.78, 5) is 19.7. The highest BCUT2D eigenvalue weighted by Crippen LogP contribution is 2.36. The lowest BCUT2D eigenvalue weighted by molar-refractivity contribution is 0.262. The summed E-state index contributed by atoms with van der Waals surface area (Å²) in [5.74, 6) is 1.50. The standard InChI is InChI=1S/C28H34N8O/c1-18(2)16-36(17-19(3)4)26-13-11-21(23-8-6-7-9-24(23)27-32-34-35-33-27)14-25(26)31-28(37)30-22-12-10-20(5)29-15-22/h6-15,18-19H,16-17H2,1-5H3,(H2,30,31,37)(H,32,33,34,35). The Kier molecular flexibility index (Phi) is 8.12. The fraction of sp³-hybridized carbons (Fsp3) is 0.321. The molecule has 0 unspecified atom stereocenters. The molecule has 0 saturated heterocycles. The third-order valence-corrected chi connectivity index (χ3v) is 5.76. The first-order valence-electron chi connectivity index (χ1n) is 12.5. The van der Waals surface area contributed by atoms with Crippen molar-refractivity contribution in [1.82, 2.24) is 25.6 Å². The van der Waals surface area contributed by atoms with Crippen molar-refractivity contribution in [2.75, 3.05) is 28.6 Å². The monoisotopic (exact) mass is 498 g/mol. The molecule has 0 aliphatic rings. The first kappa shape index (κ1) is 25.8. The van der Waals surface area contributed by atoms with Crippen molar-refractivity contribution in [1.29, 1.82) is 0 Å². The molecule has 0 fully saturated rings. The summed E-state index contributed by atoms with van der Waals surface area (Å²) < 4.78 is 0. The van der Waals surface area contributed by atoms with Gasteiger partial charge in [-0.05, 0) is 64.6 Å². The highest BCUT2D eigenvalue weighted by atomic mass is 16.2. The molecule has 0 radical (unpaired) electrons. The molecule has 2 heterocycles. The van der Waals surface area contributed by atoms with Crippen molar-refractivity contribution < 1.29 is 4.79 Å². The van der Waals surface area contributed by atoms with E-state index in [1.165, 1.54) is 0 Å². The molecule has 0 aliphatic heterocycles. The van der Waals surface area contributed by atoms with Crippen LogP contribution in [0.3, 0.4) is 0 Å². The summed E-state index contributed by atoms with van der Waals surface area (Å²) in [5.41, 5.74) is 5.99. The molecular weight excluding hydrogens is 464 g/mol. The van der Waals surface area contributed by atoms with Crippen LogP contribution in [0.2, 0.25) is 0 Å². The van der Waals surface area contributed by atoms with Gasteiger partial charge in [0, 0.05) is 24.3 Å². The van der Waals surface area contributed by atoms with Crippen LogP contribution in [-0.2, 0) is 0 Å². The summed E-state index contributed by atoms with van der Waals surface area (Å²) in [6, 6.07) is 17.5. The Morgan fingerprint density at radius 3 is 2.30 bits per heavy atom. The Bertz CT molecular complexity index is 1310. The summed E-state index contributed by atoms with van der Waals surface area (Å²) in [7, 11) is 0. The zero-order chi connectivity index (χ0) is 26.4. The van der Waals surface area contributed by atoms with E-state index in [9.17, 15) is 4.79 Å². The molecule has 4 rings (SSSR count). The molecule has 0 saturated carbocycles. The van der Waals surface area contributed by atoms with Gasteiger partial charge < -0.3 is 15.5 Å². The van der Waals surface area contributed by atoms with Crippen molar-refractivity contribution in [2.45, 2.75) is 34.6 Å². The average molecular weight is 499 g/mol. The van der Waals surface area contributed by atoms with Crippen LogP contribution in [0.1, 0.15) is 33.4 Å². The van der Waals surface area contributed by atoms with E-state index < -0.39 is 0 Å². The number of carbonyl (C=O) groups excluding carboxylic acids is 1. The maximum atomic E-state index is 13.1. The Morgan fingerprint density at radius 2 is 1.68 bits per heavy atom. The first-order chi connectivity index (χ1) is 17.8. The molecule has 0 aliphatic carbocycles. The number of amides is 2. The predicted molar refractivity (Wildman–Crippen MR) is 149 cm³/mol. The number of anilines is 3. The minimum Gasteiger partial charge on any atom is -0.369 e. The van der Waals surface area contributed by atoms with Crippen molar-refractivity contribution in [3.05, 3.63) is 66.5 Å². The number of rotatable bonds is 9. The van der Waals surface area contributed by atoms with Crippen molar-refractivity contribution in [3.8, 4) is 22.5 Å². The molecule has 0 bridgehead atoms. The van der Waals surface area contributed by atoms with Gasteiger partial charge in [-0.2, -0.15) is 0 Å². The van der Waals surface area contributed by atoms with Gasteiger partial charge in [0.05, 0.1) is 23.3 Å². The number of hydrogen-bond donors (Lipinski definition) is 3. The van der Waals surface area contributed by atoms with E-state index in [0.717, 1.165) is 46.8 Å². The molecule has 0 spiro atoms. The van der Waals surface area contributed by atoms with Gasteiger partial charge in [-0.3, -0.25) is 4.98 Å². The lowest BCUT2D eigenvalue weighted by atomic mass is 9.97. The Labute approximate surface area is 217 Å². The topological polar surface area (TPSA) is 112 Å². The normalized spacial score (nSPS) is 11.1. The van der Waals surface area contributed by atoms with Crippen LogP contribution in [0.4, 0.5) is 21.9 Å². The molecule has 2 aromatic carbocycles. The van der Waals surface area contributed by atoms with E-state index >= 15 is 0 Å². The SMILES string of the molecule is Cc1ccc(NC(=O)Nc2cc(-c3ccccc3-c3nnn[nH]3)ccc2N(CC(C)C)CC(C)C)cn1. The third-order valence-electron chi connectivity index (χ3n) is 5.76. The maximum Gasteiger partial charge on any atom is 0.323 e. The number of tetrazole rings is 1. The zero-order valence-corrected chi connectivity index (χ0v) is 22.0. The summed E-state index contributed by atoms with van der Waals surface area (Å²) >= 11 is 0. The third kappa shape index (κ3) is 6.69. The lowest BCUT2D eigenvalue weighted by Crippen LogP contribution is -2.32. The largest absolute Gasteiger partial charge is 0.369 e. The number of nitrogens with one attached hydrogen (secondary N) is 3. The second-order valence-electron chi connectivity index (χ2n) is 9.99. The van der Waals surface area contributed by atoms with Crippen LogP contribution in [0.25, 0.3) is 22.5 Å². The second-order valence-corrected chi connectivity index (χ2v) is 9.99. The summed E-state index contributed by atoms with van der Waals surface area (Å²) in [5, 5.41) is 20.4. The van der Waals surface area contributed by atoms with Gasteiger partial charge in [-0.1, -0.05) is 58.0 Å². The maximum absolute atomic E-state index is 13.1. The van der Waals surface area contributed by atoms with Gasteiger partial charge in [0.25, 0.3) is 0 Å². The number of hydrogen-bond acceptors (Lipinski definition) is 6. The Morgan fingerprint density at radius 1 is 0.946 bits per heavy atom. The van der Waals surface area contributed by atoms with Crippen LogP contribution in [0.15, 0.2) is 60.8 Å². The quantitative estimate of drug-likeness (QED) is 0.261. The molecule has 9 heteroatoms. The molecule has 192 valence electrons. The van der Waals surface area contributed by atoms with Crippen molar-refractivity contribution in [3.63, 3.8) is 0 Å². The zero-order valence-electron chi connectivity index (χ0n) is 22.0. The number of carbonyl (C=O) groups is 1. The van der Waals surface area contributed by atoms with E-state index in [4.69, 9.17) is 0 Å². The smallest absolute Gasteiger partial charge is 0.323 e. The van der Waals surface area contributed by atoms with E-state index in [-0.39, 0.29) is 6.03 Å². The lowest BCUT2D eigenvalue weighted by Gasteiger charge is -2.31. The molecule has 0 atom stereocenters. The van der Waals surface area contributed by atoms with Gasteiger partial charge in [0.2, 0.25) is 0 Å². The number of aromatic amines is 1. The Hall–Kier alpha value is -4.27. The van der Waals surface area contributed by atoms with Gasteiger partial charge in [0.1, 0.15) is 0 Å². The fourth-order valence-electron chi connectivity index (χ4n) is 4.27. The average Bonchev–Trinajstić information content (AvgIpc) is 3.39. The van der Waals surface area contributed by atoms with Crippen LogP contribution in [0.5, 0.6) is 0 Å². The minimum absolute atomic E-state index is 0.328. The van der Waals surface area contributed by atoms with E-state index in [2.05, 4.69) is 81.0 Å². The summed E-state index contributed by atoms with van der Waals surface area (Å²) in [6.07, 6.45) is 1.65. The number of urea groups is 1. The van der Waals surface area contributed by atoms with Crippen LogP contribution in [0, 0.1) is 18.8 Å². The second kappa shape index (κ2) is 11.6. The molecule has 2 amide bonds. The first-order valence-corrected chi connectivity index (χ1v) is 12.5. The van der Waals surface area contributed by atoms with E-state index in [1.54, 1.807) is 6.20 Å². The number of aromatic nitrogens is 5. The number of nitrogens with zero attached hydrogens (tertiary/aromatic N) is 5. The number of aryl methyl sites for hydroxylation is 1. The number of benzene rings is 2. The van der Waals surface area contributed by atoms with Gasteiger partial charge in [-0.25, -0.2) is 9.89 Å². The molecular formula is C28H34N8O. The van der Waals surface area contributed by atoms with Gasteiger partial charge in [0.15, 0.2) is 5.82 Å². The summed E-state index contributed by atoms with van der Waals surface area (Å²) in [6.45, 7) is 12.5. The van der Waals surface area contributed by atoms with E-state index in [1.807, 2.05) is 49.4 Å². The van der Waals surface area contributed by atoms with Crippen LogP contribution < -0.4 is 15.5 Å². The van der Waals surface area contributed by atoms with Crippen LogP contribution in [-0.4, -0.2) is 44.7 Å². The number of H-pyrrole nitrogens is 1. The highest BCUT2D eigenvalue weighted by molar-refractivity contribution is 6.02. The van der Waals surface area contributed by atoms with Gasteiger partial charge in [-0.15, -0.1) is 5.10 Å². The Balaban J connectivity index is 1.74. The molecule has 9 nitrogen and oxygen atoms in total. The van der Waals surface area contributed by atoms with E-state index in [0.29, 0.717) is 23.3 Å². The highest BCUT2D eigenvalue weighted by Gasteiger charge is 2.18. The fourth-order valence-corrected chi connectivity index (χ4v) is 4.27. The molecule has 4 aromatic rings. The van der Waals surface area contributed by atoms with Crippen molar-refractivity contribution >= 4 is 23.1 Å². The molecule has 2 aromatic heterocycles. The van der Waals surface area contributed by atoms with Gasteiger partial charge >= 0.3 is 6.03 Å². The molecule has 3 N–H and O–H groups in total. The van der Waals surface area contributed by atoms with Crippen LogP contribution >= 0.6 is 0 Å². The number of pyridine rings is 1. The van der Waals surface area contributed by atoms with Crippen molar-refractivity contribution in [2.24, 2.45) is 11.8 Å². The minimum atomic E-state index is -0.328. The molecule has 37 heavy (non-hydrogen) atoms. The predicted octanol–water partition coefficient (Wildman–Crippen LogP) is 6.00.